The smallest absolute Gasteiger partial charge is 0.295 e. The first kappa shape index (κ1) is 14.0. The highest BCUT2D eigenvalue weighted by atomic mass is 16.5. The summed E-state index contributed by atoms with van der Waals surface area (Å²) < 4.78 is 5.37. The van der Waals surface area contributed by atoms with Gasteiger partial charge in [-0.2, -0.15) is 0 Å². The van der Waals surface area contributed by atoms with Crippen molar-refractivity contribution in [2.45, 2.75) is 13.3 Å². The van der Waals surface area contributed by atoms with Crippen LogP contribution in [0.3, 0.4) is 0 Å². The summed E-state index contributed by atoms with van der Waals surface area (Å²) in [5.74, 6) is 5.68. The van der Waals surface area contributed by atoms with Gasteiger partial charge in [0.2, 0.25) is 0 Å². The van der Waals surface area contributed by atoms with Crippen LogP contribution >= 0.6 is 0 Å². The summed E-state index contributed by atoms with van der Waals surface area (Å²) in [4.78, 5) is 11.3. The van der Waals surface area contributed by atoms with Crippen LogP contribution in [0.1, 0.15) is 12.5 Å². The number of benzene rings is 2. The van der Waals surface area contributed by atoms with E-state index in [-0.39, 0.29) is 5.91 Å². The molecule has 3 heteroatoms. The Morgan fingerprint density at radius 3 is 2.65 bits per heavy atom. The van der Waals surface area contributed by atoms with Crippen LogP contribution in [0.4, 0.5) is 0 Å². The minimum atomic E-state index is -0.231. The topological polar surface area (TPSA) is 38.3 Å². The molecule has 2 aromatic carbocycles. The van der Waals surface area contributed by atoms with E-state index in [1.54, 1.807) is 14.0 Å². The van der Waals surface area contributed by atoms with Gasteiger partial charge in [-0.15, -0.1) is 0 Å². The van der Waals surface area contributed by atoms with Gasteiger partial charge in [-0.05, 0) is 36.3 Å². The second-order valence-corrected chi connectivity index (χ2v) is 4.35. The van der Waals surface area contributed by atoms with Crippen LogP contribution in [0, 0.1) is 11.8 Å². The Morgan fingerprint density at radius 1 is 1.20 bits per heavy atom. The molecule has 0 spiro atoms. The van der Waals surface area contributed by atoms with Gasteiger partial charge in [0, 0.05) is 11.9 Å². The molecule has 0 aliphatic heterocycles. The van der Waals surface area contributed by atoms with Gasteiger partial charge < -0.3 is 10.1 Å². The lowest BCUT2D eigenvalue weighted by molar-refractivity contribution is -0.115. The summed E-state index contributed by atoms with van der Waals surface area (Å²) in [5.41, 5.74) is 1.19. The predicted octanol–water partition coefficient (Wildman–Crippen LogP) is 2.53. The number of hydrogen-bond acceptors (Lipinski definition) is 2. The molecule has 20 heavy (non-hydrogen) atoms. The fraction of sp³-hybridized carbons (Fsp3) is 0.235. The van der Waals surface area contributed by atoms with Crippen molar-refractivity contribution < 1.29 is 9.53 Å². The molecule has 2 rings (SSSR count). The number of fused-ring (bicyclic) bond motifs is 1. The van der Waals surface area contributed by atoms with E-state index in [2.05, 4.69) is 23.2 Å². The van der Waals surface area contributed by atoms with Crippen molar-refractivity contribution >= 4 is 16.7 Å². The van der Waals surface area contributed by atoms with E-state index in [1.165, 1.54) is 5.56 Å². The fourth-order valence-electron chi connectivity index (χ4n) is 2.20. The number of hydrogen-bond donors (Lipinski definition) is 1. The second kappa shape index (κ2) is 6.63. The lowest BCUT2D eigenvalue weighted by Gasteiger charge is -2.10. The highest BCUT2D eigenvalue weighted by molar-refractivity contribution is 5.93. The van der Waals surface area contributed by atoms with E-state index in [1.807, 2.05) is 30.3 Å². The molecule has 102 valence electrons. The zero-order valence-corrected chi connectivity index (χ0v) is 11.7. The van der Waals surface area contributed by atoms with Crippen molar-refractivity contribution in [3.63, 3.8) is 0 Å². The molecule has 0 heterocycles. The lowest BCUT2D eigenvalue weighted by Crippen LogP contribution is -2.23. The number of carbonyl (C=O) groups is 1. The maximum atomic E-state index is 11.3. The Kier molecular flexibility index (Phi) is 4.62. The van der Waals surface area contributed by atoms with Crippen molar-refractivity contribution in [2.24, 2.45) is 0 Å². The molecule has 0 bridgehead atoms. The number of amides is 1. The first-order chi connectivity index (χ1) is 9.76. The third-order valence-electron chi connectivity index (χ3n) is 3.11. The minimum Gasteiger partial charge on any atom is -0.496 e. The van der Waals surface area contributed by atoms with Gasteiger partial charge in [-0.25, -0.2) is 0 Å². The third kappa shape index (κ3) is 3.10. The maximum Gasteiger partial charge on any atom is 0.295 e. The van der Waals surface area contributed by atoms with E-state index in [0.717, 1.165) is 22.9 Å². The quantitative estimate of drug-likeness (QED) is 0.864. The molecule has 0 saturated carbocycles. The van der Waals surface area contributed by atoms with Gasteiger partial charge in [-0.1, -0.05) is 36.3 Å². The van der Waals surface area contributed by atoms with Gasteiger partial charge in [0.05, 0.1) is 7.11 Å². The average Bonchev–Trinajstić information content (AvgIpc) is 2.47. The van der Waals surface area contributed by atoms with Crippen molar-refractivity contribution in [3.05, 3.63) is 42.0 Å². The molecule has 0 aliphatic carbocycles. The Hall–Kier alpha value is -2.47. The molecular formula is C17H17NO2. The monoisotopic (exact) mass is 267 g/mol. The van der Waals surface area contributed by atoms with Crippen molar-refractivity contribution in [1.29, 1.82) is 0 Å². The standard InChI is InChI=1S/C17H17NO2/c1-3-6-17(19)18-12-11-13-9-10-16(20-2)15-8-5-4-7-14(13)15/h4-5,7-10H,11-12H2,1-2H3,(H,18,19). The SMILES string of the molecule is CC#CC(=O)NCCc1ccc(OC)c2ccccc12. The second-order valence-electron chi connectivity index (χ2n) is 4.35. The van der Waals surface area contributed by atoms with Gasteiger partial charge in [0.25, 0.3) is 5.91 Å². The zero-order chi connectivity index (χ0) is 14.4. The van der Waals surface area contributed by atoms with Crippen LogP contribution in [0.5, 0.6) is 5.75 Å². The van der Waals surface area contributed by atoms with E-state index in [4.69, 9.17) is 4.74 Å². The summed E-state index contributed by atoms with van der Waals surface area (Å²) in [6, 6.07) is 12.1. The van der Waals surface area contributed by atoms with Crippen LogP contribution in [-0.2, 0) is 11.2 Å². The Labute approximate surface area is 118 Å². The van der Waals surface area contributed by atoms with Crippen LogP contribution < -0.4 is 10.1 Å². The number of methoxy groups -OCH3 is 1. The lowest BCUT2D eigenvalue weighted by atomic mass is 10.0. The molecule has 0 saturated heterocycles. The van der Waals surface area contributed by atoms with Gasteiger partial charge in [0.1, 0.15) is 5.75 Å². The number of nitrogens with one attached hydrogen (secondary N) is 1. The molecule has 1 amide bonds. The highest BCUT2D eigenvalue weighted by Gasteiger charge is 2.06. The summed E-state index contributed by atoms with van der Waals surface area (Å²) in [6.45, 7) is 2.22. The highest BCUT2D eigenvalue weighted by Crippen LogP contribution is 2.28. The Morgan fingerprint density at radius 2 is 1.95 bits per heavy atom. The zero-order valence-electron chi connectivity index (χ0n) is 11.7. The predicted molar refractivity (Wildman–Crippen MR) is 80.7 cm³/mol. The molecular weight excluding hydrogens is 250 g/mol. The van der Waals surface area contributed by atoms with Crippen molar-refractivity contribution in [1.82, 2.24) is 5.32 Å². The molecule has 1 N–H and O–H groups in total. The summed E-state index contributed by atoms with van der Waals surface area (Å²) in [7, 11) is 1.67. The molecule has 3 nitrogen and oxygen atoms in total. The van der Waals surface area contributed by atoms with E-state index in [9.17, 15) is 4.79 Å². The van der Waals surface area contributed by atoms with Crippen molar-refractivity contribution in [2.75, 3.05) is 13.7 Å². The van der Waals surface area contributed by atoms with E-state index < -0.39 is 0 Å². The number of carbonyl (C=O) groups excluding carboxylic acids is 1. The largest absolute Gasteiger partial charge is 0.496 e. The van der Waals surface area contributed by atoms with Gasteiger partial charge >= 0.3 is 0 Å². The molecule has 0 radical (unpaired) electrons. The molecule has 0 unspecified atom stereocenters. The van der Waals surface area contributed by atoms with Crippen LogP contribution in [0.25, 0.3) is 10.8 Å². The molecule has 2 aromatic rings. The number of rotatable bonds is 4. The Balaban J connectivity index is 2.18. The first-order valence-corrected chi connectivity index (χ1v) is 6.51. The summed E-state index contributed by atoms with van der Waals surface area (Å²) in [5, 5.41) is 5.03. The van der Waals surface area contributed by atoms with Crippen molar-refractivity contribution in [3.8, 4) is 17.6 Å². The average molecular weight is 267 g/mol. The van der Waals surface area contributed by atoms with E-state index >= 15 is 0 Å². The molecule has 0 aromatic heterocycles. The van der Waals surface area contributed by atoms with Crippen LogP contribution in [0.15, 0.2) is 36.4 Å². The van der Waals surface area contributed by atoms with Crippen LogP contribution in [-0.4, -0.2) is 19.6 Å². The summed E-state index contributed by atoms with van der Waals surface area (Å²) >= 11 is 0. The normalized spacial score (nSPS) is 9.70. The fourth-order valence-corrected chi connectivity index (χ4v) is 2.20. The summed E-state index contributed by atoms with van der Waals surface area (Å²) in [6.07, 6.45) is 0.766. The molecule has 0 atom stereocenters. The van der Waals surface area contributed by atoms with E-state index in [0.29, 0.717) is 6.54 Å². The molecule has 0 fully saturated rings. The first-order valence-electron chi connectivity index (χ1n) is 6.51. The Bertz CT molecular complexity index is 680. The third-order valence-corrected chi connectivity index (χ3v) is 3.11. The number of ether oxygens (including phenoxy) is 1. The molecule has 0 aliphatic rings. The minimum absolute atomic E-state index is 0.231. The van der Waals surface area contributed by atoms with Crippen LogP contribution in [0.2, 0.25) is 0 Å². The maximum absolute atomic E-state index is 11.3. The van der Waals surface area contributed by atoms with Gasteiger partial charge in [0.15, 0.2) is 0 Å². The van der Waals surface area contributed by atoms with Gasteiger partial charge in [-0.3, -0.25) is 4.79 Å².